The van der Waals surface area contributed by atoms with Crippen molar-refractivity contribution >= 4 is 11.9 Å². The van der Waals surface area contributed by atoms with Crippen LogP contribution in [0.5, 0.6) is 0 Å². The predicted molar refractivity (Wildman–Crippen MR) is 67.6 cm³/mol. The van der Waals surface area contributed by atoms with Crippen molar-refractivity contribution < 1.29 is 9.18 Å². The fourth-order valence-electron chi connectivity index (χ4n) is 1.98. The summed E-state index contributed by atoms with van der Waals surface area (Å²) in [6.45, 7) is 0. The third kappa shape index (κ3) is 2.10. The van der Waals surface area contributed by atoms with Gasteiger partial charge in [-0.15, -0.1) is 10.2 Å². The van der Waals surface area contributed by atoms with Gasteiger partial charge in [0.1, 0.15) is 11.6 Å². The van der Waals surface area contributed by atoms with Crippen molar-refractivity contribution in [2.45, 2.75) is 6.42 Å². The standard InChI is InChI=1S/C14H10FN3O/c15-12-5-3-10(4-6-12)8-13-16-17-14-11(9-19)2-1-7-18(13)14/h1-7,9H,8H2. The molecular formula is C14H10FN3O. The fourth-order valence-corrected chi connectivity index (χ4v) is 1.98. The molecule has 0 aliphatic heterocycles. The first-order valence-electron chi connectivity index (χ1n) is 5.80. The molecule has 0 fully saturated rings. The minimum Gasteiger partial charge on any atom is -0.298 e. The summed E-state index contributed by atoms with van der Waals surface area (Å²) in [5, 5.41) is 8.09. The number of hydrogen-bond acceptors (Lipinski definition) is 3. The lowest BCUT2D eigenvalue weighted by molar-refractivity contribution is 0.112. The summed E-state index contributed by atoms with van der Waals surface area (Å²) in [7, 11) is 0. The van der Waals surface area contributed by atoms with Crippen molar-refractivity contribution in [2.24, 2.45) is 0 Å². The lowest BCUT2D eigenvalue weighted by Crippen LogP contribution is -1.97. The molecule has 0 aliphatic rings. The summed E-state index contributed by atoms with van der Waals surface area (Å²) in [4.78, 5) is 10.9. The van der Waals surface area contributed by atoms with Crippen LogP contribution < -0.4 is 0 Å². The Morgan fingerprint density at radius 2 is 1.95 bits per heavy atom. The highest BCUT2D eigenvalue weighted by atomic mass is 19.1. The zero-order chi connectivity index (χ0) is 13.2. The first-order valence-corrected chi connectivity index (χ1v) is 5.80. The van der Waals surface area contributed by atoms with E-state index in [-0.39, 0.29) is 5.82 Å². The minimum absolute atomic E-state index is 0.266. The van der Waals surface area contributed by atoms with Gasteiger partial charge in [-0.25, -0.2) is 4.39 Å². The van der Waals surface area contributed by atoms with Gasteiger partial charge in [0.15, 0.2) is 11.9 Å². The van der Waals surface area contributed by atoms with Gasteiger partial charge in [0.2, 0.25) is 0 Å². The number of carbonyl (C=O) groups is 1. The van der Waals surface area contributed by atoms with Gasteiger partial charge in [0.25, 0.3) is 0 Å². The minimum atomic E-state index is -0.266. The van der Waals surface area contributed by atoms with Crippen LogP contribution in [0.15, 0.2) is 42.6 Å². The Morgan fingerprint density at radius 1 is 1.16 bits per heavy atom. The molecule has 0 saturated heterocycles. The van der Waals surface area contributed by atoms with E-state index in [1.165, 1.54) is 12.1 Å². The van der Waals surface area contributed by atoms with Crippen LogP contribution in [-0.2, 0) is 6.42 Å². The van der Waals surface area contributed by atoms with Gasteiger partial charge >= 0.3 is 0 Å². The molecule has 3 rings (SSSR count). The van der Waals surface area contributed by atoms with Gasteiger partial charge in [0.05, 0.1) is 5.56 Å². The predicted octanol–water partition coefficient (Wildman–Crippen LogP) is 2.27. The van der Waals surface area contributed by atoms with Gasteiger partial charge in [-0.3, -0.25) is 9.20 Å². The normalized spacial score (nSPS) is 10.8. The Balaban J connectivity index is 2.02. The Labute approximate surface area is 108 Å². The van der Waals surface area contributed by atoms with Crippen LogP contribution in [-0.4, -0.2) is 20.9 Å². The van der Waals surface area contributed by atoms with Crippen molar-refractivity contribution in [3.8, 4) is 0 Å². The second-order valence-electron chi connectivity index (χ2n) is 4.19. The Bertz CT molecular complexity index is 734. The monoisotopic (exact) mass is 255 g/mol. The molecule has 3 aromatic rings. The van der Waals surface area contributed by atoms with Crippen LogP contribution in [0.3, 0.4) is 0 Å². The van der Waals surface area contributed by atoms with E-state index in [0.29, 0.717) is 23.5 Å². The van der Waals surface area contributed by atoms with E-state index < -0.39 is 0 Å². The molecule has 2 heterocycles. The van der Waals surface area contributed by atoms with Crippen LogP contribution in [0.2, 0.25) is 0 Å². The van der Waals surface area contributed by atoms with Crippen LogP contribution in [0.4, 0.5) is 4.39 Å². The molecule has 0 unspecified atom stereocenters. The lowest BCUT2D eigenvalue weighted by atomic mass is 10.1. The molecule has 2 aromatic heterocycles. The molecule has 0 aliphatic carbocycles. The number of benzene rings is 1. The first kappa shape index (κ1) is 11.5. The molecule has 0 bridgehead atoms. The summed E-state index contributed by atoms with van der Waals surface area (Å²) in [5.74, 6) is 0.448. The van der Waals surface area contributed by atoms with Gasteiger partial charge in [-0.1, -0.05) is 12.1 Å². The largest absolute Gasteiger partial charge is 0.298 e. The molecule has 0 radical (unpaired) electrons. The number of fused-ring (bicyclic) bond motifs is 1. The third-order valence-corrected chi connectivity index (χ3v) is 2.94. The average molecular weight is 255 g/mol. The highest BCUT2D eigenvalue weighted by Gasteiger charge is 2.09. The number of nitrogens with zero attached hydrogens (tertiary/aromatic N) is 3. The Kier molecular flexibility index (Phi) is 2.79. The number of rotatable bonds is 3. The number of pyridine rings is 1. The summed E-state index contributed by atoms with van der Waals surface area (Å²) in [6.07, 6.45) is 3.09. The summed E-state index contributed by atoms with van der Waals surface area (Å²) in [5.41, 5.74) is 1.97. The number of aldehydes is 1. The van der Waals surface area contributed by atoms with Gasteiger partial charge < -0.3 is 0 Å². The highest BCUT2D eigenvalue weighted by Crippen LogP contribution is 2.12. The number of aromatic nitrogens is 3. The first-order chi connectivity index (χ1) is 9.28. The van der Waals surface area contributed by atoms with E-state index in [2.05, 4.69) is 10.2 Å². The maximum atomic E-state index is 12.8. The lowest BCUT2D eigenvalue weighted by Gasteiger charge is -2.01. The molecule has 0 saturated carbocycles. The van der Waals surface area contributed by atoms with Gasteiger partial charge in [0, 0.05) is 12.6 Å². The number of halogens is 1. The quantitative estimate of drug-likeness (QED) is 0.674. The molecule has 0 atom stereocenters. The summed E-state index contributed by atoms with van der Waals surface area (Å²) < 4.78 is 14.6. The van der Waals surface area contributed by atoms with E-state index >= 15 is 0 Å². The maximum Gasteiger partial charge on any atom is 0.171 e. The number of hydrogen-bond donors (Lipinski definition) is 0. The zero-order valence-corrected chi connectivity index (χ0v) is 9.95. The van der Waals surface area contributed by atoms with E-state index in [9.17, 15) is 9.18 Å². The molecule has 94 valence electrons. The second kappa shape index (κ2) is 4.61. The van der Waals surface area contributed by atoms with Crippen molar-refractivity contribution in [3.63, 3.8) is 0 Å². The van der Waals surface area contributed by atoms with Crippen molar-refractivity contribution in [3.05, 3.63) is 65.4 Å². The van der Waals surface area contributed by atoms with Crippen molar-refractivity contribution in [1.29, 1.82) is 0 Å². The third-order valence-electron chi connectivity index (χ3n) is 2.94. The summed E-state index contributed by atoms with van der Waals surface area (Å²) in [6, 6.07) is 9.71. The Hall–Kier alpha value is -2.56. The molecule has 0 spiro atoms. The van der Waals surface area contributed by atoms with Crippen LogP contribution in [0.25, 0.3) is 5.65 Å². The topological polar surface area (TPSA) is 47.3 Å². The zero-order valence-electron chi connectivity index (χ0n) is 9.95. The smallest absolute Gasteiger partial charge is 0.171 e. The second-order valence-corrected chi connectivity index (χ2v) is 4.19. The molecule has 1 aromatic carbocycles. The molecular weight excluding hydrogens is 245 g/mol. The van der Waals surface area contributed by atoms with Crippen molar-refractivity contribution in [2.75, 3.05) is 0 Å². The summed E-state index contributed by atoms with van der Waals surface area (Å²) >= 11 is 0. The molecule has 4 nitrogen and oxygen atoms in total. The molecule has 0 N–H and O–H groups in total. The highest BCUT2D eigenvalue weighted by molar-refractivity contribution is 5.83. The van der Waals surface area contributed by atoms with E-state index in [4.69, 9.17) is 0 Å². The Morgan fingerprint density at radius 3 is 2.68 bits per heavy atom. The van der Waals surface area contributed by atoms with Gasteiger partial charge in [-0.2, -0.15) is 0 Å². The molecule has 5 heteroatoms. The SMILES string of the molecule is O=Cc1cccn2c(Cc3ccc(F)cc3)nnc12. The van der Waals surface area contributed by atoms with Crippen molar-refractivity contribution in [1.82, 2.24) is 14.6 Å². The van der Waals surface area contributed by atoms with Crippen LogP contribution in [0, 0.1) is 5.82 Å². The fraction of sp³-hybridized carbons (Fsp3) is 0.0714. The van der Waals surface area contributed by atoms with Crippen LogP contribution in [0.1, 0.15) is 21.7 Å². The molecule has 19 heavy (non-hydrogen) atoms. The average Bonchev–Trinajstić information content (AvgIpc) is 2.84. The van der Waals surface area contributed by atoms with Crippen LogP contribution >= 0.6 is 0 Å². The van der Waals surface area contributed by atoms with E-state index in [0.717, 1.165) is 11.8 Å². The molecule has 0 amide bonds. The number of carbonyl (C=O) groups excluding carboxylic acids is 1. The van der Waals surface area contributed by atoms with E-state index in [1.54, 1.807) is 34.9 Å². The van der Waals surface area contributed by atoms with E-state index in [1.807, 2.05) is 0 Å². The maximum absolute atomic E-state index is 12.8. The van der Waals surface area contributed by atoms with Gasteiger partial charge in [-0.05, 0) is 29.8 Å².